The largest absolute Gasteiger partial charge is 0.444 e. The molecular formula is C23H41NO4Si. The van der Waals surface area contributed by atoms with Crippen molar-refractivity contribution in [2.75, 3.05) is 13.2 Å². The van der Waals surface area contributed by atoms with E-state index in [1.54, 1.807) is 13.0 Å². The number of ketones is 1. The normalized spacial score (nSPS) is 16.6. The van der Waals surface area contributed by atoms with Gasteiger partial charge in [0.2, 0.25) is 0 Å². The molecule has 0 heterocycles. The van der Waals surface area contributed by atoms with Crippen molar-refractivity contribution in [1.82, 2.24) is 4.90 Å². The van der Waals surface area contributed by atoms with Crippen LogP contribution in [0.3, 0.4) is 0 Å². The van der Waals surface area contributed by atoms with E-state index in [9.17, 15) is 9.59 Å². The summed E-state index contributed by atoms with van der Waals surface area (Å²) in [5.41, 5.74) is 0.313. The van der Waals surface area contributed by atoms with Crippen LogP contribution >= 0.6 is 0 Å². The van der Waals surface area contributed by atoms with Crippen LogP contribution in [0.5, 0.6) is 0 Å². The van der Waals surface area contributed by atoms with Gasteiger partial charge in [0.25, 0.3) is 0 Å². The molecule has 29 heavy (non-hydrogen) atoms. The average Bonchev–Trinajstić information content (AvgIpc) is 3.35. The van der Waals surface area contributed by atoms with Crippen LogP contribution < -0.4 is 0 Å². The fraction of sp³-hybridized carbons (Fsp3) is 0.739. The summed E-state index contributed by atoms with van der Waals surface area (Å²) in [6, 6.07) is -0.374. The Balaban J connectivity index is 3.18. The number of rotatable bonds is 9. The lowest BCUT2D eigenvalue weighted by Crippen LogP contribution is -2.51. The molecule has 0 bridgehead atoms. The quantitative estimate of drug-likeness (QED) is 0.270. The van der Waals surface area contributed by atoms with Crippen LogP contribution in [0.15, 0.2) is 24.3 Å². The lowest BCUT2D eigenvalue weighted by atomic mass is 10.0. The second kappa shape index (κ2) is 9.60. The number of ether oxygens (including phenoxy) is 1. The SMILES string of the molecule is C=C(C1CC1)C(CO[Si](C)(C)C(C)(C)C)N(CC(=O)/C=C/C)C(=O)OC(C)(C)C. The van der Waals surface area contributed by atoms with Crippen molar-refractivity contribution in [2.24, 2.45) is 5.92 Å². The van der Waals surface area contributed by atoms with E-state index in [4.69, 9.17) is 9.16 Å². The highest BCUT2D eigenvalue weighted by atomic mass is 28.4. The first-order valence-electron chi connectivity index (χ1n) is 10.6. The molecule has 1 aliphatic rings. The lowest BCUT2D eigenvalue weighted by Gasteiger charge is -2.40. The minimum absolute atomic E-state index is 0.0451. The van der Waals surface area contributed by atoms with Crippen molar-refractivity contribution in [3.63, 3.8) is 0 Å². The summed E-state index contributed by atoms with van der Waals surface area (Å²) in [6.45, 7) is 22.8. The van der Waals surface area contributed by atoms with E-state index in [1.165, 1.54) is 11.0 Å². The van der Waals surface area contributed by atoms with Gasteiger partial charge in [0.1, 0.15) is 5.60 Å². The number of hydrogen-bond acceptors (Lipinski definition) is 4. The van der Waals surface area contributed by atoms with Crippen molar-refractivity contribution in [2.45, 2.75) is 91.1 Å². The minimum atomic E-state index is -2.03. The fourth-order valence-corrected chi connectivity index (χ4v) is 3.66. The molecular weight excluding hydrogens is 382 g/mol. The molecule has 0 saturated heterocycles. The first-order valence-corrected chi connectivity index (χ1v) is 13.5. The van der Waals surface area contributed by atoms with Gasteiger partial charge in [0.05, 0.1) is 19.2 Å². The van der Waals surface area contributed by atoms with Crippen LogP contribution in [0.4, 0.5) is 4.79 Å². The van der Waals surface area contributed by atoms with Crippen LogP contribution in [-0.4, -0.2) is 49.9 Å². The molecule has 0 N–H and O–H groups in total. The van der Waals surface area contributed by atoms with Gasteiger partial charge >= 0.3 is 6.09 Å². The molecule has 1 saturated carbocycles. The zero-order valence-corrected chi connectivity index (χ0v) is 20.9. The maximum Gasteiger partial charge on any atom is 0.411 e. The van der Waals surface area contributed by atoms with Crippen LogP contribution in [0.25, 0.3) is 0 Å². The monoisotopic (exact) mass is 423 g/mol. The van der Waals surface area contributed by atoms with Crippen LogP contribution in [0.1, 0.15) is 61.3 Å². The summed E-state index contributed by atoms with van der Waals surface area (Å²) in [6.07, 6.45) is 4.82. The molecule has 1 aliphatic carbocycles. The molecule has 0 spiro atoms. The zero-order chi connectivity index (χ0) is 22.6. The molecule has 1 amide bonds. The molecule has 0 aliphatic heterocycles. The van der Waals surface area contributed by atoms with E-state index in [1.807, 2.05) is 20.8 Å². The van der Waals surface area contributed by atoms with E-state index in [2.05, 4.69) is 40.4 Å². The molecule has 1 unspecified atom stereocenters. The van der Waals surface area contributed by atoms with Gasteiger partial charge in [-0.25, -0.2) is 4.79 Å². The van der Waals surface area contributed by atoms with Gasteiger partial charge in [-0.1, -0.05) is 33.4 Å². The van der Waals surface area contributed by atoms with Gasteiger partial charge in [-0.3, -0.25) is 9.69 Å². The van der Waals surface area contributed by atoms with Crippen molar-refractivity contribution < 1.29 is 18.8 Å². The van der Waals surface area contributed by atoms with E-state index >= 15 is 0 Å². The van der Waals surface area contributed by atoms with Crippen molar-refractivity contribution >= 4 is 20.2 Å². The van der Waals surface area contributed by atoms with Gasteiger partial charge in [-0.15, -0.1) is 0 Å². The molecule has 5 nitrogen and oxygen atoms in total. The minimum Gasteiger partial charge on any atom is -0.444 e. The van der Waals surface area contributed by atoms with Crippen LogP contribution in [-0.2, 0) is 14.0 Å². The van der Waals surface area contributed by atoms with Crippen molar-refractivity contribution in [1.29, 1.82) is 0 Å². The summed E-state index contributed by atoms with van der Waals surface area (Å²) >= 11 is 0. The highest BCUT2D eigenvalue weighted by molar-refractivity contribution is 6.74. The van der Waals surface area contributed by atoms with Crippen molar-refractivity contribution in [3.05, 3.63) is 24.3 Å². The van der Waals surface area contributed by atoms with E-state index in [-0.39, 0.29) is 23.4 Å². The lowest BCUT2D eigenvalue weighted by molar-refractivity contribution is -0.116. The predicted octanol–water partition coefficient (Wildman–Crippen LogP) is 5.73. The Morgan fingerprint density at radius 1 is 1.17 bits per heavy atom. The highest BCUT2D eigenvalue weighted by Gasteiger charge is 2.41. The Morgan fingerprint density at radius 2 is 1.72 bits per heavy atom. The molecule has 1 atom stereocenters. The van der Waals surface area contributed by atoms with Crippen LogP contribution in [0, 0.1) is 5.92 Å². The smallest absolute Gasteiger partial charge is 0.411 e. The van der Waals surface area contributed by atoms with E-state index < -0.39 is 20.0 Å². The highest BCUT2D eigenvalue weighted by Crippen LogP contribution is 2.40. The molecule has 0 aromatic heterocycles. The number of hydrogen-bond donors (Lipinski definition) is 0. The number of nitrogens with zero attached hydrogens (tertiary/aromatic N) is 1. The third kappa shape index (κ3) is 8.09. The summed E-state index contributed by atoms with van der Waals surface area (Å²) in [5, 5.41) is 0.0516. The topological polar surface area (TPSA) is 55.8 Å². The molecule has 166 valence electrons. The Labute approximate surface area is 178 Å². The van der Waals surface area contributed by atoms with Gasteiger partial charge in [-0.05, 0) is 76.2 Å². The fourth-order valence-electron chi connectivity index (χ4n) is 2.66. The second-order valence-electron chi connectivity index (χ2n) is 10.5. The van der Waals surface area contributed by atoms with Gasteiger partial charge in [0.15, 0.2) is 14.1 Å². The molecule has 1 rings (SSSR count). The summed E-state index contributed by atoms with van der Waals surface area (Å²) in [7, 11) is -2.03. The number of amides is 1. The van der Waals surface area contributed by atoms with E-state index in [0.717, 1.165) is 18.4 Å². The maximum atomic E-state index is 13.1. The second-order valence-corrected chi connectivity index (χ2v) is 15.3. The first kappa shape index (κ1) is 25.6. The van der Waals surface area contributed by atoms with Crippen LogP contribution in [0.2, 0.25) is 18.1 Å². The van der Waals surface area contributed by atoms with Crippen molar-refractivity contribution in [3.8, 4) is 0 Å². The Hall–Kier alpha value is -1.40. The van der Waals surface area contributed by atoms with Gasteiger partial charge in [-0.2, -0.15) is 0 Å². The summed E-state index contributed by atoms with van der Waals surface area (Å²) in [4.78, 5) is 27.0. The average molecular weight is 424 g/mol. The Bertz CT molecular complexity index is 636. The number of allylic oxidation sites excluding steroid dienone is 1. The first-order chi connectivity index (χ1) is 13.1. The Kier molecular flexibility index (Phi) is 8.49. The number of carbonyl (C=O) groups is 2. The molecule has 0 aromatic rings. The summed E-state index contributed by atoms with van der Waals surface area (Å²) in [5.74, 6) is 0.240. The molecule has 6 heteroatoms. The number of carbonyl (C=O) groups excluding carboxylic acids is 2. The zero-order valence-electron chi connectivity index (χ0n) is 19.9. The van der Waals surface area contributed by atoms with Gasteiger partial charge in [0, 0.05) is 0 Å². The Morgan fingerprint density at radius 3 is 2.14 bits per heavy atom. The molecule has 1 fully saturated rings. The molecule has 0 radical (unpaired) electrons. The maximum absolute atomic E-state index is 13.1. The van der Waals surface area contributed by atoms with Gasteiger partial charge < -0.3 is 9.16 Å². The predicted molar refractivity (Wildman–Crippen MR) is 122 cm³/mol. The van der Waals surface area contributed by atoms with E-state index in [0.29, 0.717) is 12.5 Å². The molecule has 0 aromatic carbocycles. The third-order valence-electron chi connectivity index (χ3n) is 5.62. The third-order valence-corrected chi connectivity index (χ3v) is 10.1. The standard InChI is InChI=1S/C23H41NO4Si/c1-11-12-19(25)15-24(21(26)28-22(3,4)5)20(17(2)18-13-14-18)16-27-29(9,10)23(6,7)8/h11-12,18,20H,2,13-16H2,1,3-10H3/b12-11+. The summed E-state index contributed by atoms with van der Waals surface area (Å²) < 4.78 is 12.1.